The lowest BCUT2D eigenvalue weighted by Gasteiger charge is -2.33. The molecule has 0 amide bonds. The van der Waals surface area contributed by atoms with Crippen LogP contribution >= 0.6 is 0 Å². The molecule has 0 aliphatic rings. The first-order valence-corrected chi connectivity index (χ1v) is 4.20. The van der Waals surface area contributed by atoms with Crippen molar-refractivity contribution in [1.82, 2.24) is 0 Å². The van der Waals surface area contributed by atoms with Gasteiger partial charge >= 0.3 is 0 Å². The van der Waals surface area contributed by atoms with Crippen LogP contribution in [0.5, 0.6) is 0 Å². The second-order valence-corrected chi connectivity index (χ2v) is 4.50. The maximum atomic E-state index is 9.62. The van der Waals surface area contributed by atoms with Gasteiger partial charge in [0, 0.05) is 0 Å². The first-order valence-electron chi connectivity index (χ1n) is 4.20. The molecule has 72 valence electrons. The summed E-state index contributed by atoms with van der Waals surface area (Å²) in [5, 5.41) is 18.5. The van der Waals surface area contributed by atoms with Crippen LogP contribution in [0.4, 0.5) is 0 Å². The van der Waals surface area contributed by atoms with Crippen molar-refractivity contribution in [3.05, 3.63) is 12.2 Å². The number of hydrogen-bond donors (Lipinski definition) is 2. The van der Waals surface area contributed by atoms with Crippen LogP contribution in [0.1, 0.15) is 34.1 Å². The third-order valence-electron chi connectivity index (χ3n) is 2.32. The van der Waals surface area contributed by atoms with Gasteiger partial charge in [-0.3, -0.25) is 0 Å². The Kier molecular flexibility index (Phi) is 3.48. The van der Waals surface area contributed by atoms with E-state index in [1.807, 2.05) is 20.8 Å². The number of aliphatic hydroxyl groups excluding tert-OH is 1. The van der Waals surface area contributed by atoms with E-state index in [0.717, 1.165) is 5.57 Å². The fourth-order valence-corrected chi connectivity index (χ4v) is 1.16. The van der Waals surface area contributed by atoms with E-state index in [4.69, 9.17) is 5.11 Å². The summed E-state index contributed by atoms with van der Waals surface area (Å²) in [7, 11) is 0. The fraction of sp³-hybridized carbons (Fsp3) is 0.800. The summed E-state index contributed by atoms with van der Waals surface area (Å²) in [4.78, 5) is 0. The largest absolute Gasteiger partial charge is 0.393 e. The Balaban J connectivity index is 4.34. The lowest BCUT2D eigenvalue weighted by atomic mass is 9.77. The van der Waals surface area contributed by atoms with Crippen molar-refractivity contribution >= 4 is 0 Å². The monoisotopic (exact) mass is 172 g/mol. The molecule has 0 rings (SSSR count). The molecule has 0 saturated carbocycles. The molecule has 0 aromatic carbocycles. The predicted molar refractivity (Wildman–Crippen MR) is 50.9 cm³/mol. The van der Waals surface area contributed by atoms with E-state index < -0.39 is 5.60 Å². The zero-order valence-corrected chi connectivity index (χ0v) is 8.52. The van der Waals surface area contributed by atoms with Gasteiger partial charge in [-0.15, -0.1) is 0 Å². The van der Waals surface area contributed by atoms with E-state index in [1.165, 1.54) is 0 Å². The van der Waals surface area contributed by atoms with E-state index in [-0.39, 0.29) is 12.0 Å². The van der Waals surface area contributed by atoms with E-state index in [9.17, 15) is 5.11 Å². The van der Waals surface area contributed by atoms with Gasteiger partial charge in [-0.1, -0.05) is 26.0 Å². The molecule has 0 spiro atoms. The smallest absolute Gasteiger partial charge is 0.0857 e. The molecule has 0 bridgehead atoms. The molecule has 0 fully saturated rings. The summed E-state index contributed by atoms with van der Waals surface area (Å²) in [6, 6.07) is 0. The van der Waals surface area contributed by atoms with E-state index >= 15 is 0 Å². The number of rotatable bonds is 4. The summed E-state index contributed by atoms with van der Waals surface area (Å²) in [6.07, 6.45) is 0.534. The van der Waals surface area contributed by atoms with Crippen LogP contribution in [0.15, 0.2) is 12.2 Å². The summed E-state index contributed by atoms with van der Waals surface area (Å²) < 4.78 is 0. The minimum Gasteiger partial charge on any atom is -0.393 e. The van der Waals surface area contributed by atoms with Crippen molar-refractivity contribution in [1.29, 1.82) is 0 Å². The lowest BCUT2D eigenvalue weighted by Crippen LogP contribution is -2.35. The molecule has 0 aromatic heterocycles. The molecule has 0 aliphatic heterocycles. The van der Waals surface area contributed by atoms with Gasteiger partial charge in [0.05, 0.1) is 12.2 Å². The van der Waals surface area contributed by atoms with Gasteiger partial charge in [0.15, 0.2) is 0 Å². The summed E-state index contributed by atoms with van der Waals surface area (Å²) in [5.74, 6) is 0. The third kappa shape index (κ3) is 3.37. The van der Waals surface area contributed by atoms with Crippen molar-refractivity contribution in [2.45, 2.75) is 39.7 Å². The van der Waals surface area contributed by atoms with Gasteiger partial charge in [0.2, 0.25) is 0 Å². The highest BCUT2D eigenvalue weighted by Crippen LogP contribution is 2.33. The van der Waals surface area contributed by atoms with E-state index in [1.54, 1.807) is 6.92 Å². The van der Waals surface area contributed by atoms with Crippen LogP contribution in [0.2, 0.25) is 0 Å². The van der Waals surface area contributed by atoms with Gasteiger partial charge in [-0.2, -0.15) is 0 Å². The van der Waals surface area contributed by atoms with Crippen LogP contribution in [-0.4, -0.2) is 22.4 Å². The van der Waals surface area contributed by atoms with Crippen LogP contribution in [0.3, 0.4) is 0 Å². The predicted octanol–water partition coefficient (Wildman–Crippen LogP) is 1.72. The summed E-state index contributed by atoms with van der Waals surface area (Å²) >= 11 is 0. The molecular weight excluding hydrogens is 152 g/mol. The Labute approximate surface area is 74.9 Å². The average Bonchev–Trinajstić information content (AvgIpc) is 1.85. The topological polar surface area (TPSA) is 40.5 Å². The third-order valence-corrected chi connectivity index (χ3v) is 2.32. The van der Waals surface area contributed by atoms with Crippen LogP contribution in [0.25, 0.3) is 0 Å². The first-order chi connectivity index (χ1) is 5.21. The van der Waals surface area contributed by atoms with Gasteiger partial charge in [0.25, 0.3) is 0 Å². The first kappa shape index (κ1) is 11.7. The second-order valence-electron chi connectivity index (χ2n) is 4.50. The zero-order valence-electron chi connectivity index (χ0n) is 8.52. The van der Waals surface area contributed by atoms with E-state index in [2.05, 4.69) is 6.58 Å². The van der Waals surface area contributed by atoms with Gasteiger partial charge in [-0.25, -0.2) is 0 Å². The molecule has 0 aromatic rings. The van der Waals surface area contributed by atoms with Crippen LogP contribution in [0, 0.1) is 5.41 Å². The number of hydrogen-bond acceptors (Lipinski definition) is 2. The highest BCUT2D eigenvalue weighted by Gasteiger charge is 2.30. The van der Waals surface area contributed by atoms with Crippen molar-refractivity contribution in [2.24, 2.45) is 5.41 Å². The van der Waals surface area contributed by atoms with Crippen molar-refractivity contribution in [3.8, 4) is 0 Å². The minimum absolute atomic E-state index is 0.119. The molecule has 0 saturated heterocycles. The molecule has 1 atom stereocenters. The Morgan fingerprint density at radius 1 is 1.33 bits per heavy atom. The summed E-state index contributed by atoms with van der Waals surface area (Å²) in [5.41, 5.74) is -0.0921. The van der Waals surface area contributed by atoms with Gasteiger partial charge in [-0.05, 0) is 25.7 Å². The normalized spacial score (nSPS) is 17.2. The standard InChI is InChI=1S/C10H20O2/c1-8(2)9(3,4)6-10(5,12)7-11/h11-12H,1,6-7H2,2-5H3/t10-/m0/s1. The molecule has 2 heteroatoms. The molecule has 12 heavy (non-hydrogen) atoms. The average molecular weight is 172 g/mol. The van der Waals surface area contributed by atoms with Crippen LogP contribution in [-0.2, 0) is 0 Å². The highest BCUT2D eigenvalue weighted by atomic mass is 16.3. The Hall–Kier alpha value is -0.340. The summed E-state index contributed by atoms with van der Waals surface area (Å²) in [6.45, 7) is 11.2. The molecule has 0 unspecified atom stereocenters. The van der Waals surface area contributed by atoms with Gasteiger partial charge < -0.3 is 10.2 Å². The minimum atomic E-state index is -0.998. The highest BCUT2D eigenvalue weighted by molar-refractivity contribution is 5.05. The quantitative estimate of drug-likeness (QED) is 0.634. The molecular formula is C10H20O2. The Morgan fingerprint density at radius 3 is 2.00 bits per heavy atom. The van der Waals surface area contributed by atoms with E-state index in [0.29, 0.717) is 6.42 Å². The molecule has 0 aliphatic carbocycles. The number of aliphatic hydroxyl groups is 2. The Morgan fingerprint density at radius 2 is 1.75 bits per heavy atom. The van der Waals surface area contributed by atoms with Crippen molar-refractivity contribution < 1.29 is 10.2 Å². The fourth-order valence-electron chi connectivity index (χ4n) is 1.16. The maximum Gasteiger partial charge on any atom is 0.0857 e. The molecule has 0 radical (unpaired) electrons. The number of allylic oxidation sites excluding steroid dienone is 1. The van der Waals surface area contributed by atoms with Crippen molar-refractivity contribution in [2.75, 3.05) is 6.61 Å². The molecule has 0 heterocycles. The maximum absolute atomic E-state index is 9.62. The van der Waals surface area contributed by atoms with Gasteiger partial charge in [0.1, 0.15) is 0 Å². The lowest BCUT2D eigenvalue weighted by molar-refractivity contribution is -0.0252. The van der Waals surface area contributed by atoms with Crippen molar-refractivity contribution in [3.63, 3.8) is 0 Å². The Bertz CT molecular complexity index is 169. The van der Waals surface area contributed by atoms with Crippen LogP contribution < -0.4 is 0 Å². The molecule has 2 nitrogen and oxygen atoms in total. The second kappa shape index (κ2) is 3.58. The zero-order chi connectivity index (χ0) is 9.99. The SMILES string of the molecule is C=C(C)C(C)(C)C[C@](C)(O)CO. The molecule has 2 N–H and O–H groups in total.